The van der Waals surface area contributed by atoms with Crippen LogP contribution in [0.4, 0.5) is 0 Å². The summed E-state index contributed by atoms with van der Waals surface area (Å²) in [6, 6.07) is 15.0. The second kappa shape index (κ2) is 4.74. The molecule has 0 aliphatic rings. The first kappa shape index (κ1) is 12.5. The van der Waals surface area contributed by atoms with Crippen molar-refractivity contribution >= 4 is 14.9 Å². The van der Waals surface area contributed by atoms with Crippen molar-refractivity contribution in [3.63, 3.8) is 0 Å². The molecule has 0 radical (unpaired) electrons. The molecule has 0 saturated carbocycles. The highest BCUT2D eigenvalue weighted by Gasteiger charge is 2.21. The Morgan fingerprint density at radius 2 is 1.50 bits per heavy atom. The van der Waals surface area contributed by atoms with Gasteiger partial charge in [0.25, 0.3) is 0 Å². The second-order valence-electron chi connectivity index (χ2n) is 4.01. The topological polar surface area (TPSA) is 58.0 Å². The van der Waals surface area contributed by atoms with E-state index in [-0.39, 0.29) is 9.94 Å². The van der Waals surface area contributed by atoms with E-state index < -0.39 is 9.84 Å². The molecule has 92 valence electrons. The highest BCUT2D eigenvalue weighted by molar-refractivity contribution is 8.06. The van der Waals surface area contributed by atoms with Gasteiger partial charge in [0.15, 0.2) is 5.04 Å². The predicted octanol–water partition coefficient (Wildman–Crippen LogP) is 2.79. The van der Waals surface area contributed by atoms with Gasteiger partial charge in [-0.15, -0.1) is 0 Å². The van der Waals surface area contributed by atoms with E-state index in [2.05, 4.69) is 0 Å². The fourth-order valence-electron chi connectivity index (χ4n) is 1.58. The average Bonchev–Trinajstić information content (AvgIpc) is 2.39. The predicted molar refractivity (Wildman–Crippen MR) is 71.6 cm³/mol. The van der Waals surface area contributed by atoms with Crippen LogP contribution in [0.2, 0.25) is 0 Å². The molecule has 0 heterocycles. The van der Waals surface area contributed by atoms with Crippen molar-refractivity contribution in [2.45, 2.75) is 11.8 Å². The Bertz CT molecular complexity index is 659. The van der Waals surface area contributed by atoms with E-state index in [1.54, 1.807) is 42.5 Å². The summed E-state index contributed by atoms with van der Waals surface area (Å²) in [6.45, 7) is 1.89. The Morgan fingerprint density at radius 3 is 2.06 bits per heavy atom. The molecule has 4 heteroatoms. The smallest absolute Gasteiger partial charge is 0.223 e. The van der Waals surface area contributed by atoms with E-state index in [0.29, 0.717) is 5.56 Å². The average molecular weight is 259 g/mol. The van der Waals surface area contributed by atoms with Gasteiger partial charge in [-0.2, -0.15) is 0 Å². The largest absolute Gasteiger partial charge is 0.289 e. The van der Waals surface area contributed by atoms with Gasteiger partial charge in [0, 0.05) is 5.56 Å². The molecule has 0 amide bonds. The Kier molecular flexibility index (Phi) is 3.30. The Balaban J connectivity index is 2.44. The monoisotopic (exact) mass is 259 g/mol. The molecule has 18 heavy (non-hydrogen) atoms. The van der Waals surface area contributed by atoms with Crippen LogP contribution in [0.5, 0.6) is 0 Å². The van der Waals surface area contributed by atoms with Crippen LogP contribution >= 0.6 is 0 Å². The molecule has 0 bridgehead atoms. The summed E-state index contributed by atoms with van der Waals surface area (Å²) in [5.41, 5.74) is 1.39. The molecule has 0 aliphatic heterocycles. The highest BCUT2D eigenvalue weighted by atomic mass is 32.2. The van der Waals surface area contributed by atoms with E-state index in [1.165, 1.54) is 12.1 Å². The zero-order valence-corrected chi connectivity index (χ0v) is 10.7. The van der Waals surface area contributed by atoms with Crippen LogP contribution in [0.1, 0.15) is 11.1 Å². The molecule has 1 N–H and O–H groups in total. The normalized spacial score (nSPS) is 11.2. The van der Waals surface area contributed by atoms with Gasteiger partial charge in [-0.25, -0.2) is 8.42 Å². The summed E-state index contributed by atoms with van der Waals surface area (Å²) in [6.07, 6.45) is 0. The summed E-state index contributed by atoms with van der Waals surface area (Å²) >= 11 is 0. The van der Waals surface area contributed by atoms with Crippen molar-refractivity contribution in [1.82, 2.24) is 0 Å². The SMILES string of the molecule is Cc1ccc(S(=O)(=O)C(=N)c2ccccc2)cc1. The molecular weight excluding hydrogens is 246 g/mol. The molecular formula is C14H13NO2S. The summed E-state index contributed by atoms with van der Waals surface area (Å²) < 4.78 is 24.4. The standard InChI is InChI=1S/C14H13NO2S/c1-11-7-9-13(10-8-11)18(16,17)14(15)12-5-3-2-4-6-12/h2-10,15H,1H3. The number of hydrogen-bond acceptors (Lipinski definition) is 3. The Labute approximate surface area is 107 Å². The molecule has 0 fully saturated rings. The third kappa shape index (κ3) is 2.33. The van der Waals surface area contributed by atoms with E-state index in [9.17, 15) is 8.42 Å². The van der Waals surface area contributed by atoms with Gasteiger partial charge < -0.3 is 0 Å². The van der Waals surface area contributed by atoms with Crippen LogP contribution in [0.25, 0.3) is 0 Å². The maximum absolute atomic E-state index is 12.2. The van der Waals surface area contributed by atoms with Gasteiger partial charge in [0.2, 0.25) is 9.84 Å². The third-order valence-electron chi connectivity index (χ3n) is 2.64. The van der Waals surface area contributed by atoms with Crippen LogP contribution < -0.4 is 0 Å². The van der Waals surface area contributed by atoms with E-state index in [4.69, 9.17) is 5.41 Å². The van der Waals surface area contributed by atoms with Crippen molar-refractivity contribution in [1.29, 1.82) is 5.41 Å². The van der Waals surface area contributed by atoms with E-state index >= 15 is 0 Å². The highest BCUT2D eigenvalue weighted by Crippen LogP contribution is 2.16. The van der Waals surface area contributed by atoms with E-state index in [0.717, 1.165) is 5.56 Å². The molecule has 0 spiro atoms. The minimum atomic E-state index is -3.73. The molecule has 0 aliphatic carbocycles. The lowest BCUT2D eigenvalue weighted by Crippen LogP contribution is -2.15. The fraction of sp³-hybridized carbons (Fsp3) is 0.0714. The Hall–Kier alpha value is -1.94. The van der Waals surface area contributed by atoms with Crippen molar-refractivity contribution in [3.8, 4) is 0 Å². The number of benzene rings is 2. The third-order valence-corrected chi connectivity index (χ3v) is 4.30. The number of rotatable bonds is 2. The summed E-state index contributed by atoms with van der Waals surface area (Å²) in [4.78, 5) is 0.155. The molecule has 0 unspecified atom stereocenters. The maximum Gasteiger partial charge on any atom is 0.223 e. The molecule has 2 rings (SSSR count). The van der Waals surface area contributed by atoms with Gasteiger partial charge in [0.05, 0.1) is 4.90 Å². The molecule has 2 aromatic rings. The van der Waals surface area contributed by atoms with Crippen molar-refractivity contribution < 1.29 is 8.42 Å². The second-order valence-corrected chi connectivity index (χ2v) is 5.90. The van der Waals surface area contributed by atoms with Crippen LogP contribution in [0.15, 0.2) is 59.5 Å². The van der Waals surface area contributed by atoms with Crippen LogP contribution in [-0.2, 0) is 9.84 Å². The first-order chi connectivity index (χ1) is 8.51. The Morgan fingerprint density at radius 1 is 0.944 bits per heavy atom. The molecule has 3 nitrogen and oxygen atoms in total. The maximum atomic E-state index is 12.2. The number of aryl methyl sites for hydroxylation is 1. The van der Waals surface area contributed by atoms with Crippen LogP contribution in [0.3, 0.4) is 0 Å². The summed E-state index contributed by atoms with van der Waals surface area (Å²) in [5.74, 6) is 0. The van der Waals surface area contributed by atoms with Gasteiger partial charge in [0.1, 0.15) is 0 Å². The molecule has 2 aromatic carbocycles. The summed E-state index contributed by atoms with van der Waals surface area (Å²) in [7, 11) is -3.73. The van der Waals surface area contributed by atoms with Crippen LogP contribution in [0, 0.1) is 12.3 Å². The van der Waals surface area contributed by atoms with Crippen molar-refractivity contribution in [2.24, 2.45) is 0 Å². The van der Waals surface area contributed by atoms with Gasteiger partial charge >= 0.3 is 0 Å². The lowest BCUT2D eigenvalue weighted by molar-refractivity contribution is 0.607. The van der Waals surface area contributed by atoms with Gasteiger partial charge in [-0.05, 0) is 19.1 Å². The zero-order chi connectivity index (χ0) is 13.2. The zero-order valence-electron chi connectivity index (χ0n) is 9.92. The number of nitrogens with one attached hydrogen (secondary N) is 1. The minimum absolute atomic E-state index is 0.155. The lowest BCUT2D eigenvalue weighted by atomic mass is 10.2. The quantitative estimate of drug-likeness (QED) is 0.666. The first-order valence-electron chi connectivity index (χ1n) is 5.47. The molecule has 0 aromatic heterocycles. The number of sulfone groups is 1. The minimum Gasteiger partial charge on any atom is -0.289 e. The van der Waals surface area contributed by atoms with E-state index in [1.807, 2.05) is 6.92 Å². The first-order valence-corrected chi connectivity index (χ1v) is 6.96. The van der Waals surface area contributed by atoms with Gasteiger partial charge in [-0.1, -0.05) is 48.0 Å². The van der Waals surface area contributed by atoms with Crippen LogP contribution in [-0.4, -0.2) is 13.5 Å². The lowest BCUT2D eigenvalue weighted by Gasteiger charge is -2.06. The van der Waals surface area contributed by atoms with Crippen molar-refractivity contribution in [2.75, 3.05) is 0 Å². The van der Waals surface area contributed by atoms with Gasteiger partial charge in [-0.3, -0.25) is 5.41 Å². The molecule has 0 saturated heterocycles. The fourth-order valence-corrected chi connectivity index (χ4v) is 2.76. The molecule has 0 atom stereocenters. The number of hydrogen-bond donors (Lipinski definition) is 1. The van der Waals surface area contributed by atoms with Crippen molar-refractivity contribution in [3.05, 3.63) is 65.7 Å². The summed E-state index contributed by atoms with van der Waals surface area (Å²) in [5, 5.41) is 7.47.